The van der Waals surface area contributed by atoms with Gasteiger partial charge in [0, 0.05) is 0 Å². The number of hydrogen-bond donors (Lipinski definition) is 0. The summed E-state index contributed by atoms with van der Waals surface area (Å²) in [5.41, 5.74) is 4.25. The number of carbonyl (C=O) groups excluding carboxylic acids is 1. The van der Waals surface area contributed by atoms with Gasteiger partial charge in [0.2, 0.25) is 0 Å². The van der Waals surface area contributed by atoms with Crippen LogP contribution in [-0.4, -0.2) is 63.0 Å². The van der Waals surface area contributed by atoms with Crippen molar-refractivity contribution >= 4 is 15.9 Å². The van der Waals surface area contributed by atoms with Crippen molar-refractivity contribution in [2.24, 2.45) is 0 Å². The molecule has 6 rings (SSSR count). The van der Waals surface area contributed by atoms with Gasteiger partial charge in [-0.25, -0.2) is 0 Å². The Morgan fingerprint density at radius 2 is 1.80 bits per heavy atom. The Kier molecular flexibility index (Phi) is 7.64. The van der Waals surface area contributed by atoms with E-state index in [4.69, 9.17) is 17.3 Å². The molecule has 2 aromatic rings. The molecule has 1 spiro atoms. The van der Waals surface area contributed by atoms with E-state index in [0.717, 1.165) is 28.0 Å². The first-order valence-corrected chi connectivity index (χ1v) is 16.9. The fraction of sp³-hybridized carbons (Fsp3) is 0.367. The first-order valence-electron chi connectivity index (χ1n) is 13.5. The number of nitrogens with zero attached hydrogens (tertiary/aromatic N) is 2. The molecule has 1 unspecified atom stereocenters. The monoisotopic (exact) mass is 691 g/mol. The molecule has 41 heavy (non-hydrogen) atoms. The van der Waals surface area contributed by atoms with Crippen LogP contribution in [0.2, 0.25) is 0 Å². The van der Waals surface area contributed by atoms with Crippen LogP contribution in [0.1, 0.15) is 31.4 Å². The van der Waals surface area contributed by atoms with Crippen molar-refractivity contribution < 1.29 is 52.1 Å². The van der Waals surface area contributed by atoms with E-state index in [1.165, 1.54) is 4.31 Å². The normalized spacial score (nSPS) is 22.7. The van der Waals surface area contributed by atoms with Crippen LogP contribution in [0.4, 0.5) is 0 Å². The van der Waals surface area contributed by atoms with Crippen molar-refractivity contribution in [1.82, 2.24) is 9.21 Å². The molecule has 0 aromatic heterocycles. The molecule has 0 bridgehead atoms. The summed E-state index contributed by atoms with van der Waals surface area (Å²) in [6, 6.07) is 10.6. The van der Waals surface area contributed by atoms with E-state index in [9.17, 15) is 13.2 Å². The number of fused-ring (bicyclic) bond motifs is 3. The SMILES string of the molecule is C=C(C)C/C=C\C1=C(C)N(Cc2cccc(S(=O)(=O)N3CCOCC3)c2)C(=O)C12[I-]Oc1cc3c(cc12)OCCO3. The summed E-state index contributed by atoms with van der Waals surface area (Å²) in [7, 11) is -3.67. The van der Waals surface area contributed by atoms with E-state index in [2.05, 4.69) is 6.58 Å². The number of sulfonamides is 1. The van der Waals surface area contributed by atoms with Crippen LogP contribution < -0.4 is 34.2 Å². The third-order valence-corrected chi connectivity index (χ3v) is 12.4. The van der Waals surface area contributed by atoms with E-state index < -0.39 is 35.1 Å². The van der Waals surface area contributed by atoms with Gasteiger partial charge in [0.15, 0.2) is 0 Å². The predicted octanol–water partition coefficient (Wildman–Crippen LogP) is 0.909. The summed E-state index contributed by atoms with van der Waals surface area (Å²) in [5.74, 6) is 1.81. The molecular weight excluding hydrogens is 659 g/mol. The molecular formula is C30H32IN2O7S-. The number of hydrogen-bond acceptors (Lipinski definition) is 7. The molecule has 0 saturated carbocycles. The minimum absolute atomic E-state index is 0.0744. The van der Waals surface area contributed by atoms with Crippen LogP contribution in [0.25, 0.3) is 0 Å². The number of ether oxygens (including phenoxy) is 3. The van der Waals surface area contributed by atoms with Gasteiger partial charge in [0.1, 0.15) is 0 Å². The maximum atomic E-state index is 14.5. The number of carbonyl (C=O) groups is 1. The zero-order valence-electron chi connectivity index (χ0n) is 23.0. The van der Waals surface area contributed by atoms with Crippen LogP contribution in [-0.2, 0) is 29.5 Å². The van der Waals surface area contributed by atoms with E-state index in [-0.39, 0.29) is 17.3 Å². The fourth-order valence-corrected chi connectivity index (χ4v) is 9.81. The predicted molar refractivity (Wildman–Crippen MR) is 148 cm³/mol. The topological polar surface area (TPSA) is 94.6 Å². The van der Waals surface area contributed by atoms with Gasteiger partial charge >= 0.3 is 252 Å². The van der Waals surface area contributed by atoms with Crippen LogP contribution in [0.15, 0.2) is 76.9 Å². The van der Waals surface area contributed by atoms with Gasteiger partial charge in [-0.15, -0.1) is 0 Å². The summed E-state index contributed by atoms with van der Waals surface area (Å²) in [6.45, 7) is 10.5. The van der Waals surface area contributed by atoms with Gasteiger partial charge in [-0.05, 0) is 0 Å². The zero-order valence-corrected chi connectivity index (χ0v) is 26.0. The Hall–Kier alpha value is -2.87. The van der Waals surface area contributed by atoms with Crippen LogP contribution in [0.3, 0.4) is 0 Å². The third-order valence-electron chi connectivity index (χ3n) is 7.56. The molecule has 4 heterocycles. The maximum absolute atomic E-state index is 14.5. The van der Waals surface area contributed by atoms with Crippen molar-refractivity contribution in [3.05, 3.63) is 83.1 Å². The molecule has 1 saturated heterocycles. The van der Waals surface area contributed by atoms with Crippen molar-refractivity contribution in [3.8, 4) is 17.2 Å². The number of allylic oxidation sites excluding steroid dienone is 4. The van der Waals surface area contributed by atoms with Crippen LogP contribution in [0, 0.1) is 0 Å². The van der Waals surface area contributed by atoms with E-state index in [1.807, 2.05) is 44.2 Å². The zero-order chi connectivity index (χ0) is 28.8. The molecule has 1 amide bonds. The summed E-state index contributed by atoms with van der Waals surface area (Å²) >= 11 is -1.12. The number of alkyl halides is 1. The molecule has 1 fully saturated rings. The van der Waals surface area contributed by atoms with Gasteiger partial charge in [0.05, 0.1) is 0 Å². The third kappa shape index (κ3) is 4.96. The van der Waals surface area contributed by atoms with Gasteiger partial charge in [-0.2, -0.15) is 0 Å². The summed E-state index contributed by atoms with van der Waals surface area (Å²) in [6.07, 6.45) is 4.75. The Labute approximate surface area is 251 Å². The molecule has 9 nitrogen and oxygen atoms in total. The Morgan fingerprint density at radius 3 is 2.54 bits per heavy atom. The van der Waals surface area contributed by atoms with E-state index in [0.29, 0.717) is 63.2 Å². The molecule has 1 atom stereocenters. The second-order valence-corrected chi connectivity index (χ2v) is 14.9. The quantitative estimate of drug-likeness (QED) is 0.242. The van der Waals surface area contributed by atoms with Crippen molar-refractivity contribution in [2.45, 2.75) is 35.1 Å². The summed E-state index contributed by atoms with van der Waals surface area (Å²) in [5, 5.41) is 0. The molecule has 4 aliphatic rings. The Balaban J connectivity index is 1.37. The van der Waals surface area contributed by atoms with Gasteiger partial charge < -0.3 is 0 Å². The minimum atomic E-state index is -3.67. The standard InChI is InChI=1S/C30H32IN2O7S/c1-20(2)6-4-9-24-21(3)33(19-22-7-5-8-23(16-22)41(35,36)32-10-12-37-13-11-32)29(34)30(24)25-17-27-28(39-15-14-38-27)18-26(25)40-31-30/h4-5,7-9,16-18H,1,6,10-15,19H2,2-3H3/q-1/b9-4-. The second-order valence-electron chi connectivity index (χ2n) is 10.4. The van der Waals surface area contributed by atoms with Gasteiger partial charge in [-0.1, -0.05) is 0 Å². The average molecular weight is 692 g/mol. The van der Waals surface area contributed by atoms with E-state index in [1.54, 1.807) is 23.1 Å². The number of rotatable bonds is 7. The fourth-order valence-electron chi connectivity index (χ4n) is 5.45. The van der Waals surface area contributed by atoms with E-state index >= 15 is 0 Å². The van der Waals surface area contributed by atoms with Crippen LogP contribution in [0.5, 0.6) is 17.2 Å². The van der Waals surface area contributed by atoms with Gasteiger partial charge in [0.25, 0.3) is 0 Å². The number of morpholine rings is 1. The summed E-state index contributed by atoms with van der Waals surface area (Å²) in [4.78, 5) is 16.5. The first-order chi connectivity index (χ1) is 19.7. The molecule has 2 aromatic carbocycles. The second kappa shape index (κ2) is 11.1. The molecule has 218 valence electrons. The molecule has 0 radical (unpaired) electrons. The average Bonchev–Trinajstić information content (AvgIpc) is 3.43. The molecule has 11 heteroatoms. The van der Waals surface area contributed by atoms with Crippen molar-refractivity contribution in [2.75, 3.05) is 39.5 Å². The number of amides is 1. The number of benzene rings is 2. The van der Waals surface area contributed by atoms with Crippen molar-refractivity contribution in [1.29, 1.82) is 0 Å². The van der Waals surface area contributed by atoms with Crippen LogP contribution >= 0.6 is 0 Å². The molecule has 4 aliphatic heterocycles. The van der Waals surface area contributed by atoms with Crippen molar-refractivity contribution in [3.63, 3.8) is 0 Å². The summed E-state index contributed by atoms with van der Waals surface area (Å²) < 4.78 is 50.4. The molecule has 0 N–H and O–H groups in total. The first kappa shape index (κ1) is 28.3. The number of halogens is 1. The van der Waals surface area contributed by atoms with Gasteiger partial charge in [-0.3, -0.25) is 0 Å². The Bertz CT molecular complexity index is 1580. The Morgan fingerprint density at radius 1 is 1.07 bits per heavy atom. The molecule has 0 aliphatic carbocycles.